The van der Waals surface area contributed by atoms with Crippen molar-refractivity contribution in [1.29, 1.82) is 0 Å². The van der Waals surface area contributed by atoms with Crippen LogP contribution in [0.1, 0.15) is 41.0 Å². The molecule has 4 aliphatic rings. The summed E-state index contributed by atoms with van der Waals surface area (Å²) in [4.78, 5) is 37.5. The lowest BCUT2D eigenvalue weighted by atomic mass is 9.88. The predicted molar refractivity (Wildman–Crippen MR) is 187 cm³/mol. The van der Waals surface area contributed by atoms with Crippen LogP contribution < -0.4 is 10.6 Å². The molecule has 2 amide bonds. The third kappa shape index (κ3) is 11.0. The average Bonchev–Trinajstić information content (AvgIpc) is 3.17. The zero-order valence-electron chi connectivity index (χ0n) is 32.8. The van der Waals surface area contributed by atoms with Crippen molar-refractivity contribution in [2.24, 2.45) is 0 Å². The summed E-state index contributed by atoms with van der Waals surface area (Å²) in [5, 5.41) is 132. The number of aliphatic carboxylic acids is 1. The number of carbonyl (C=O) groups is 3. The first-order valence-corrected chi connectivity index (χ1v) is 18.9. The van der Waals surface area contributed by atoms with Crippen LogP contribution in [-0.4, -0.2) is 233 Å². The maximum Gasteiger partial charge on any atom is 0.364 e. The Hall–Kier alpha value is -2.35. The van der Waals surface area contributed by atoms with Crippen LogP contribution in [0.5, 0.6) is 0 Å². The molecule has 0 aromatic heterocycles. The molecule has 25 nitrogen and oxygen atoms in total. The average molecular weight is 863 g/mol. The second-order valence-corrected chi connectivity index (χ2v) is 15.2. The van der Waals surface area contributed by atoms with E-state index in [-0.39, 0.29) is 0 Å². The Morgan fingerprint density at radius 1 is 0.729 bits per heavy atom. The van der Waals surface area contributed by atoms with Crippen LogP contribution in [0.2, 0.25) is 0 Å². The third-order valence-electron chi connectivity index (χ3n) is 10.3. The van der Waals surface area contributed by atoms with Crippen molar-refractivity contribution in [1.82, 2.24) is 10.6 Å². The monoisotopic (exact) mass is 862 g/mol. The second-order valence-electron chi connectivity index (χ2n) is 15.2. The Kier molecular flexibility index (Phi) is 17.3. The van der Waals surface area contributed by atoms with Crippen LogP contribution in [0.3, 0.4) is 0 Å². The molecular weight excluding hydrogens is 804 g/mol. The molecule has 0 aliphatic carbocycles. The molecule has 14 N–H and O–H groups in total. The number of carbonyl (C=O) groups excluding carboxylic acids is 2. The van der Waals surface area contributed by atoms with Gasteiger partial charge in [-0.3, -0.25) is 9.59 Å². The smallest absolute Gasteiger partial charge is 0.364 e. The Morgan fingerprint density at radius 2 is 1.29 bits per heavy atom. The maximum atomic E-state index is 12.9. The molecule has 0 saturated carbocycles. The number of aliphatic hydroxyl groups is 11. The highest BCUT2D eigenvalue weighted by Crippen LogP contribution is 2.39. The van der Waals surface area contributed by atoms with Gasteiger partial charge in [-0.1, -0.05) is 0 Å². The molecule has 10 unspecified atom stereocenters. The standard InChI is InChI=1S/C34H58N2O23/c1-10(2)52-30-19(36-13(5)41)28(57-31-24(48)23(47)20(44)11(3)53-31)26(17(9-39)55-30)56-32-25(49)29(22(46)16(8-38)54-32)59-34(33(50)51)6-14(42)18(35-12(4)40)27(58-34)21(45)15(43)7-37/h10-11,14-32,37-39,42-49H,6-9H2,1-5H3,(H,35,40)(H,36,41)(H,50,51)/t11?,14-,15-,16?,17?,18-,19?,20?,21-,22+,23?,24?,25?,26-,27?,28-,29+,30-,31?,32+,34+/m1/s1. The predicted octanol–water partition coefficient (Wildman–Crippen LogP) is -7.80. The van der Waals surface area contributed by atoms with E-state index in [2.05, 4.69) is 10.6 Å². The lowest BCUT2D eigenvalue weighted by molar-refractivity contribution is -0.392. The van der Waals surface area contributed by atoms with Gasteiger partial charge in [-0.05, 0) is 20.8 Å². The molecule has 21 atom stereocenters. The molecule has 4 fully saturated rings. The van der Waals surface area contributed by atoms with E-state index < -0.39 is 178 Å². The van der Waals surface area contributed by atoms with Gasteiger partial charge in [-0.2, -0.15) is 0 Å². The normalized spacial score (nSPS) is 44.1. The number of ether oxygens (including phenoxy) is 8. The van der Waals surface area contributed by atoms with Crippen molar-refractivity contribution in [3.8, 4) is 0 Å². The summed E-state index contributed by atoms with van der Waals surface area (Å²) in [5.41, 5.74) is 0. The molecule has 342 valence electrons. The van der Waals surface area contributed by atoms with Crippen LogP contribution in [0, 0.1) is 0 Å². The van der Waals surface area contributed by atoms with Gasteiger partial charge in [0.1, 0.15) is 85.4 Å². The van der Waals surface area contributed by atoms with E-state index in [0.717, 1.165) is 13.8 Å². The van der Waals surface area contributed by atoms with Crippen molar-refractivity contribution in [2.45, 2.75) is 175 Å². The number of carboxylic acid groups (broad SMARTS) is 1. The summed E-state index contributed by atoms with van der Waals surface area (Å²) in [6.07, 6.45) is -34.5. The summed E-state index contributed by atoms with van der Waals surface area (Å²) in [7, 11) is 0. The van der Waals surface area contributed by atoms with Crippen LogP contribution in [0.4, 0.5) is 0 Å². The summed E-state index contributed by atoms with van der Waals surface area (Å²) in [6, 6.07) is -2.99. The van der Waals surface area contributed by atoms with Gasteiger partial charge in [0.2, 0.25) is 11.8 Å². The minimum absolute atomic E-state index is 0.571. The minimum atomic E-state index is -3.11. The number of carboxylic acids is 1. The molecule has 4 heterocycles. The van der Waals surface area contributed by atoms with Gasteiger partial charge >= 0.3 is 5.97 Å². The Labute approximate surface area is 337 Å². The van der Waals surface area contributed by atoms with Crippen LogP contribution in [0.15, 0.2) is 0 Å². The molecule has 0 bridgehead atoms. The van der Waals surface area contributed by atoms with Gasteiger partial charge in [-0.15, -0.1) is 0 Å². The van der Waals surface area contributed by atoms with E-state index in [4.69, 9.17) is 37.9 Å². The Bertz CT molecular complexity index is 1400. The summed E-state index contributed by atoms with van der Waals surface area (Å²) in [6.45, 7) is 3.77. The Morgan fingerprint density at radius 3 is 1.83 bits per heavy atom. The quantitative estimate of drug-likeness (QED) is 0.0685. The number of hydrogen-bond donors (Lipinski definition) is 14. The zero-order valence-corrected chi connectivity index (χ0v) is 32.8. The number of nitrogens with one attached hydrogen (secondary N) is 2. The van der Waals surface area contributed by atoms with Crippen molar-refractivity contribution < 1.29 is 114 Å². The largest absolute Gasteiger partial charge is 0.477 e. The molecule has 4 rings (SSSR count). The fourth-order valence-electron chi connectivity index (χ4n) is 7.36. The van der Waals surface area contributed by atoms with Crippen molar-refractivity contribution in [3.63, 3.8) is 0 Å². The minimum Gasteiger partial charge on any atom is -0.477 e. The fraction of sp³-hybridized carbons (Fsp3) is 0.912. The number of rotatable bonds is 16. The van der Waals surface area contributed by atoms with E-state index in [1.54, 1.807) is 13.8 Å². The number of amides is 2. The van der Waals surface area contributed by atoms with Gasteiger partial charge in [0.25, 0.3) is 5.79 Å². The lowest BCUT2D eigenvalue weighted by Gasteiger charge is -2.52. The molecule has 59 heavy (non-hydrogen) atoms. The first-order chi connectivity index (χ1) is 27.6. The SMILES string of the molecule is CC(=O)NC1[C@H](OC(C)C)OC(CO)[C@@H](O[C@@H]2OC(CO)[C@H](O)[C@H](O[C@]3(C(=O)O)C[C@@H](O)[C@@H](NC(C)=O)C([C@H](O)[C@H](O)CO)O3)C2O)[C@@H]1OC1OC(C)C(O)C(O)C1O. The number of hydrogen-bond acceptors (Lipinski definition) is 22. The van der Waals surface area contributed by atoms with Gasteiger partial charge in [0, 0.05) is 20.3 Å². The van der Waals surface area contributed by atoms with E-state index in [1.807, 2.05) is 0 Å². The molecular formula is C34H58N2O23. The van der Waals surface area contributed by atoms with Crippen LogP contribution in [0.25, 0.3) is 0 Å². The lowest BCUT2D eigenvalue weighted by Crippen LogP contribution is -2.71. The fourth-order valence-corrected chi connectivity index (χ4v) is 7.36. The van der Waals surface area contributed by atoms with Crippen LogP contribution >= 0.6 is 0 Å². The molecule has 4 aliphatic heterocycles. The molecule has 0 spiro atoms. The van der Waals surface area contributed by atoms with Crippen LogP contribution in [-0.2, 0) is 52.3 Å². The highest BCUT2D eigenvalue weighted by Gasteiger charge is 2.61. The van der Waals surface area contributed by atoms with Gasteiger partial charge in [0.05, 0.1) is 44.2 Å². The van der Waals surface area contributed by atoms with Crippen molar-refractivity contribution in [3.05, 3.63) is 0 Å². The number of aliphatic hydroxyl groups excluding tert-OH is 11. The molecule has 0 aromatic carbocycles. The third-order valence-corrected chi connectivity index (χ3v) is 10.3. The summed E-state index contributed by atoms with van der Waals surface area (Å²) >= 11 is 0. The first-order valence-electron chi connectivity index (χ1n) is 18.9. The molecule has 4 saturated heterocycles. The Balaban J connectivity index is 1.74. The molecule has 25 heteroatoms. The highest BCUT2D eigenvalue weighted by atomic mass is 16.8. The van der Waals surface area contributed by atoms with E-state index >= 15 is 0 Å². The second kappa shape index (κ2) is 20.7. The zero-order chi connectivity index (χ0) is 44.3. The van der Waals surface area contributed by atoms with Crippen molar-refractivity contribution >= 4 is 17.8 Å². The van der Waals surface area contributed by atoms with Gasteiger partial charge < -0.3 is 110 Å². The van der Waals surface area contributed by atoms with E-state index in [0.29, 0.717) is 0 Å². The first kappa shape index (κ1) is 49.3. The van der Waals surface area contributed by atoms with E-state index in [1.165, 1.54) is 6.92 Å². The van der Waals surface area contributed by atoms with Gasteiger partial charge in [0.15, 0.2) is 18.9 Å². The van der Waals surface area contributed by atoms with Gasteiger partial charge in [-0.25, -0.2) is 4.79 Å². The topological polar surface area (TPSA) is 392 Å². The van der Waals surface area contributed by atoms with E-state index in [9.17, 15) is 75.7 Å². The maximum absolute atomic E-state index is 12.9. The molecule has 0 radical (unpaired) electrons. The summed E-state index contributed by atoms with van der Waals surface area (Å²) in [5.74, 6) is -6.56. The highest BCUT2D eigenvalue weighted by molar-refractivity contribution is 5.76. The summed E-state index contributed by atoms with van der Waals surface area (Å²) < 4.78 is 46.8. The molecule has 0 aromatic rings. The van der Waals surface area contributed by atoms with Crippen molar-refractivity contribution in [2.75, 3.05) is 19.8 Å².